The van der Waals surface area contributed by atoms with Crippen LogP contribution in [0.25, 0.3) is 0 Å². The maximum absolute atomic E-state index is 12.1. The molecule has 21 heavy (non-hydrogen) atoms. The van der Waals surface area contributed by atoms with Crippen molar-refractivity contribution in [2.75, 3.05) is 10.6 Å². The minimum atomic E-state index is -1.17. The largest absolute Gasteiger partial charge is 0.478 e. The summed E-state index contributed by atoms with van der Waals surface area (Å²) in [5, 5.41) is 14.4. The molecule has 0 spiro atoms. The lowest BCUT2D eigenvalue weighted by Gasteiger charge is -2.22. The molecule has 0 unspecified atom stereocenters. The van der Waals surface area contributed by atoms with Crippen LogP contribution in [0.3, 0.4) is 0 Å². The van der Waals surface area contributed by atoms with Gasteiger partial charge in [-0.05, 0) is 24.6 Å². The first-order valence-corrected chi connectivity index (χ1v) is 6.63. The van der Waals surface area contributed by atoms with E-state index >= 15 is 0 Å². The van der Waals surface area contributed by atoms with Gasteiger partial charge in [-0.1, -0.05) is 20.8 Å². The topological polar surface area (TPSA) is 95.5 Å². The lowest BCUT2D eigenvalue weighted by molar-refractivity contribution is -0.124. The lowest BCUT2D eigenvalue weighted by Crippen LogP contribution is -2.30. The molecule has 0 heterocycles. The predicted octanol–water partition coefficient (Wildman–Crippen LogP) is 2.72. The number of nitrogens with one attached hydrogen (secondary N) is 2. The van der Waals surface area contributed by atoms with Gasteiger partial charge in [0, 0.05) is 18.0 Å². The maximum atomic E-state index is 12.1. The smallest absolute Gasteiger partial charge is 0.337 e. The molecule has 2 amide bonds. The van der Waals surface area contributed by atoms with Gasteiger partial charge < -0.3 is 15.7 Å². The fourth-order valence-electron chi connectivity index (χ4n) is 1.56. The molecular weight excluding hydrogens is 272 g/mol. The Morgan fingerprint density at radius 3 is 2.29 bits per heavy atom. The Bertz CT molecular complexity index is 579. The van der Waals surface area contributed by atoms with Crippen molar-refractivity contribution in [3.05, 3.63) is 23.8 Å². The molecule has 114 valence electrons. The number of rotatable bonds is 5. The average molecular weight is 292 g/mol. The van der Waals surface area contributed by atoms with Gasteiger partial charge in [0.1, 0.15) is 0 Å². The number of carbonyl (C=O) groups is 3. The number of anilines is 2. The van der Waals surface area contributed by atoms with Crippen LogP contribution < -0.4 is 10.6 Å². The van der Waals surface area contributed by atoms with Gasteiger partial charge in [0.05, 0.1) is 11.3 Å². The molecule has 6 heteroatoms. The van der Waals surface area contributed by atoms with Crippen LogP contribution in [0.4, 0.5) is 11.4 Å². The Balaban J connectivity index is 3.10. The van der Waals surface area contributed by atoms with Gasteiger partial charge >= 0.3 is 5.97 Å². The minimum absolute atomic E-state index is 0.0681. The standard InChI is InChI=1S/C15H20N2O4/c1-5-15(3,4)14(21)17-12-7-6-10(16-9(2)18)8-11(12)13(19)20/h6-8H,5H2,1-4H3,(H,16,18)(H,17,21)(H,19,20). The Morgan fingerprint density at radius 2 is 1.81 bits per heavy atom. The normalized spacial score (nSPS) is 10.9. The van der Waals surface area contributed by atoms with E-state index in [2.05, 4.69) is 10.6 Å². The molecule has 0 saturated carbocycles. The Kier molecular flexibility index (Phi) is 5.07. The zero-order chi connectivity index (χ0) is 16.2. The van der Waals surface area contributed by atoms with E-state index in [1.165, 1.54) is 19.1 Å². The number of benzene rings is 1. The second-order valence-electron chi connectivity index (χ2n) is 5.44. The van der Waals surface area contributed by atoms with Crippen LogP contribution in [-0.4, -0.2) is 22.9 Å². The molecule has 1 rings (SSSR count). The zero-order valence-electron chi connectivity index (χ0n) is 12.6. The molecule has 1 aromatic carbocycles. The fraction of sp³-hybridized carbons (Fsp3) is 0.400. The quantitative estimate of drug-likeness (QED) is 0.777. The number of carboxylic acids is 1. The third-order valence-corrected chi connectivity index (χ3v) is 3.32. The summed E-state index contributed by atoms with van der Waals surface area (Å²) in [6, 6.07) is 4.33. The third kappa shape index (κ3) is 4.30. The first-order chi connectivity index (χ1) is 9.67. The number of carbonyl (C=O) groups excluding carboxylic acids is 2. The van der Waals surface area contributed by atoms with Crippen molar-refractivity contribution in [3.8, 4) is 0 Å². The number of hydrogen-bond acceptors (Lipinski definition) is 3. The Morgan fingerprint density at radius 1 is 1.19 bits per heavy atom. The second-order valence-corrected chi connectivity index (χ2v) is 5.44. The van der Waals surface area contributed by atoms with Gasteiger partial charge in [0.25, 0.3) is 0 Å². The molecule has 0 bridgehead atoms. The van der Waals surface area contributed by atoms with Crippen LogP contribution in [0.5, 0.6) is 0 Å². The molecule has 3 N–H and O–H groups in total. The van der Waals surface area contributed by atoms with E-state index in [1.807, 2.05) is 6.92 Å². The van der Waals surface area contributed by atoms with E-state index in [1.54, 1.807) is 19.9 Å². The summed E-state index contributed by atoms with van der Waals surface area (Å²) in [5.41, 5.74) is -0.0798. The molecule has 0 saturated heterocycles. The summed E-state index contributed by atoms with van der Waals surface area (Å²) >= 11 is 0. The van der Waals surface area contributed by atoms with Crippen LogP contribution in [0.2, 0.25) is 0 Å². The molecule has 0 atom stereocenters. The summed E-state index contributed by atoms with van der Waals surface area (Å²) in [5.74, 6) is -1.72. The molecule has 0 fully saturated rings. The summed E-state index contributed by atoms with van der Waals surface area (Å²) in [4.78, 5) is 34.4. The molecule has 6 nitrogen and oxygen atoms in total. The minimum Gasteiger partial charge on any atom is -0.478 e. The Labute approximate surface area is 123 Å². The number of carboxylic acid groups (broad SMARTS) is 1. The highest BCUT2D eigenvalue weighted by molar-refractivity contribution is 6.03. The second kappa shape index (κ2) is 6.39. The van der Waals surface area contributed by atoms with E-state index in [4.69, 9.17) is 0 Å². The van der Waals surface area contributed by atoms with Gasteiger partial charge in [0.15, 0.2) is 0 Å². The number of aromatic carboxylic acids is 1. The van der Waals surface area contributed by atoms with E-state index < -0.39 is 11.4 Å². The van der Waals surface area contributed by atoms with Crippen molar-refractivity contribution in [1.29, 1.82) is 0 Å². The first kappa shape index (κ1) is 16.7. The van der Waals surface area contributed by atoms with Gasteiger partial charge in [-0.2, -0.15) is 0 Å². The van der Waals surface area contributed by atoms with Gasteiger partial charge in [0.2, 0.25) is 11.8 Å². The Hall–Kier alpha value is -2.37. The zero-order valence-corrected chi connectivity index (χ0v) is 12.6. The monoisotopic (exact) mass is 292 g/mol. The van der Waals surface area contributed by atoms with E-state index in [0.29, 0.717) is 12.1 Å². The third-order valence-electron chi connectivity index (χ3n) is 3.32. The van der Waals surface area contributed by atoms with Gasteiger partial charge in [-0.25, -0.2) is 4.79 Å². The van der Waals surface area contributed by atoms with Crippen molar-refractivity contribution in [3.63, 3.8) is 0 Å². The van der Waals surface area contributed by atoms with E-state index in [0.717, 1.165) is 0 Å². The van der Waals surface area contributed by atoms with Crippen molar-refractivity contribution < 1.29 is 19.5 Å². The van der Waals surface area contributed by atoms with Crippen molar-refractivity contribution >= 4 is 29.2 Å². The maximum Gasteiger partial charge on any atom is 0.337 e. The molecule has 0 aliphatic heterocycles. The molecule has 0 aromatic heterocycles. The molecule has 0 aliphatic carbocycles. The van der Waals surface area contributed by atoms with Crippen LogP contribution >= 0.6 is 0 Å². The summed E-state index contributed by atoms with van der Waals surface area (Å²) in [6.45, 7) is 6.79. The van der Waals surface area contributed by atoms with Crippen LogP contribution in [-0.2, 0) is 9.59 Å². The highest BCUT2D eigenvalue weighted by atomic mass is 16.4. The lowest BCUT2D eigenvalue weighted by atomic mass is 9.89. The van der Waals surface area contributed by atoms with E-state index in [9.17, 15) is 19.5 Å². The van der Waals surface area contributed by atoms with Crippen LogP contribution in [0.1, 0.15) is 44.5 Å². The summed E-state index contributed by atoms with van der Waals surface area (Å²) < 4.78 is 0. The summed E-state index contributed by atoms with van der Waals surface area (Å²) in [6.07, 6.45) is 0.630. The van der Waals surface area contributed by atoms with Crippen molar-refractivity contribution in [2.24, 2.45) is 5.41 Å². The van der Waals surface area contributed by atoms with Gasteiger partial charge in [-0.15, -0.1) is 0 Å². The van der Waals surface area contributed by atoms with Crippen LogP contribution in [0, 0.1) is 5.41 Å². The first-order valence-electron chi connectivity index (χ1n) is 6.63. The number of amides is 2. The highest BCUT2D eigenvalue weighted by Gasteiger charge is 2.26. The summed E-state index contributed by atoms with van der Waals surface area (Å²) in [7, 11) is 0. The molecule has 1 aromatic rings. The van der Waals surface area contributed by atoms with Crippen LogP contribution in [0.15, 0.2) is 18.2 Å². The highest BCUT2D eigenvalue weighted by Crippen LogP contribution is 2.25. The fourth-order valence-corrected chi connectivity index (χ4v) is 1.56. The molecule has 0 aliphatic rings. The SMILES string of the molecule is CCC(C)(C)C(=O)Nc1ccc(NC(C)=O)cc1C(=O)O. The van der Waals surface area contributed by atoms with Crippen molar-refractivity contribution in [1.82, 2.24) is 0 Å². The molecule has 0 radical (unpaired) electrons. The number of hydrogen-bond donors (Lipinski definition) is 3. The molecular formula is C15H20N2O4. The van der Waals surface area contributed by atoms with E-state index in [-0.39, 0.29) is 23.1 Å². The predicted molar refractivity (Wildman–Crippen MR) is 80.4 cm³/mol. The average Bonchev–Trinajstić information content (AvgIpc) is 2.39. The van der Waals surface area contributed by atoms with Gasteiger partial charge in [-0.3, -0.25) is 9.59 Å². The van der Waals surface area contributed by atoms with Crippen molar-refractivity contribution in [2.45, 2.75) is 34.1 Å².